The molecule has 1 aliphatic rings. The molecule has 0 bridgehead atoms. The number of anilines is 1. The number of unbranched alkanes of at least 4 members (excludes halogenated alkanes) is 1. The van der Waals surface area contributed by atoms with Crippen molar-refractivity contribution < 1.29 is 9.59 Å². The fourth-order valence-corrected chi connectivity index (χ4v) is 3.49. The minimum absolute atomic E-state index is 0.00235. The molecule has 0 N–H and O–H groups in total. The summed E-state index contributed by atoms with van der Waals surface area (Å²) in [4.78, 5) is 27.0. The number of carbonyl (C=O) groups is 2. The first-order chi connectivity index (χ1) is 9.58. The number of amides is 1. The zero-order valence-electron chi connectivity index (χ0n) is 12.3. The van der Waals surface area contributed by atoms with Crippen molar-refractivity contribution in [2.45, 2.75) is 50.2 Å². The third-order valence-electron chi connectivity index (χ3n) is 3.57. The molecule has 0 radical (unpaired) electrons. The number of fused-ring (bicyclic) bond motifs is 1. The van der Waals surface area contributed by atoms with Gasteiger partial charge < -0.3 is 4.90 Å². The van der Waals surface area contributed by atoms with Crippen LogP contribution in [0.2, 0.25) is 0 Å². The number of rotatable bonds is 5. The largest absolute Gasteiger partial charge is 0.310 e. The minimum Gasteiger partial charge on any atom is -0.310 e. The van der Waals surface area contributed by atoms with Gasteiger partial charge in [-0.3, -0.25) is 9.59 Å². The van der Waals surface area contributed by atoms with Crippen LogP contribution in [0.5, 0.6) is 0 Å². The maximum absolute atomic E-state index is 12.5. The highest BCUT2D eigenvalue weighted by atomic mass is 32.2. The van der Waals surface area contributed by atoms with Crippen molar-refractivity contribution in [3.05, 3.63) is 23.8 Å². The number of carbonyl (C=O) groups excluding carboxylic acids is 2. The third-order valence-corrected chi connectivity index (χ3v) is 4.99. The van der Waals surface area contributed by atoms with Crippen LogP contribution in [0, 0.1) is 0 Å². The summed E-state index contributed by atoms with van der Waals surface area (Å²) in [6.45, 7) is 6.46. The Morgan fingerprint density at radius 1 is 1.35 bits per heavy atom. The summed E-state index contributed by atoms with van der Waals surface area (Å²) in [5.74, 6) is 0.220. The van der Waals surface area contributed by atoms with E-state index in [4.69, 9.17) is 0 Å². The zero-order valence-corrected chi connectivity index (χ0v) is 13.1. The lowest BCUT2D eigenvalue weighted by atomic mass is 10.1. The van der Waals surface area contributed by atoms with Crippen molar-refractivity contribution in [1.82, 2.24) is 0 Å². The van der Waals surface area contributed by atoms with Crippen LogP contribution in [0.15, 0.2) is 23.1 Å². The van der Waals surface area contributed by atoms with E-state index in [0.29, 0.717) is 5.56 Å². The first kappa shape index (κ1) is 15.1. The second-order valence-corrected chi connectivity index (χ2v) is 6.34. The molecule has 4 heteroatoms. The molecule has 1 aromatic rings. The number of hydrogen-bond donors (Lipinski definition) is 0. The predicted octanol–water partition coefficient (Wildman–Crippen LogP) is 3.91. The lowest BCUT2D eigenvalue weighted by molar-refractivity contribution is -0.118. The van der Waals surface area contributed by atoms with E-state index in [-0.39, 0.29) is 16.9 Å². The Bertz CT molecular complexity index is 527. The smallest absolute Gasteiger partial charge is 0.240 e. The van der Waals surface area contributed by atoms with Crippen molar-refractivity contribution in [2.24, 2.45) is 0 Å². The first-order valence-electron chi connectivity index (χ1n) is 7.21. The zero-order chi connectivity index (χ0) is 14.7. The lowest BCUT2D eigenvalue weighted by Gasteiger charge is -2.33. The summed E-state index contributed by atoms with van der Waals surface area (Å²) in [5, 5.41) is 0.00235. The molecule has 20 heavy (non-hydrogen) atoms. The van der Waals surface area contributed by atoms with Gasteiger partial charge in [0.25, 0.3) is 0 Å². The van der Waals surface area contributed by atoms with E-state index in [9.17, 15) is 9.59 Å². The molecule has 108 valence electrons. The van der Waals surface area contributed by atoms with Crippen molar-refractivity contribution in [3.8, 4) is 0 Å². The second kappa shape index (κ2) is 6.44. The standard InChI is InChI=1S/C16H21NO2S/c1-4-6-9-17-13-10-12(11(3)18)7-8-15(13)20-14(5-2)16(17)19/h7-8,10,14H,4-6,9H2,1-3H3. The Morgan fingerprint density at radius 2 is 2.10 bits per heavy atom. The lowest BCUT2D eigenvalue weighted by Crippen LogP contribution is -2.41. The van der Waals surface area contributed by atoms with Crippen molar-refractivity contribution in [2.75, 3.05) is 11.4 Å². The summed E-state index contributed by atoms with van der Waals surface area (Å²) < 4.78 is 0. The quantitative estimate of drug-likeness (QED) is 0.772. The molecule has 0 spiro atoms. The van der Waals surface area contributed by atoms with Gasteiger partial charge in [-0.05, 0) is 31.9 Å². The van der Waals surface area contributed by atoms with Gasteiger partial charge in [0.15, 0.2) is 5.78 Å². The second-order valence-electron chi connectivity index (χ2n) is 5.10. The number of Topliss-reactive ketones (excluding diaryl/α,β-unsaturated/α-hetero) is 1. The van der Waals surface area contributed by atoms with Crippen LogP contribution in [0.3, 0.4) is 0 Å². The van der Waals surface area contributed by atoms with Crippen LogP contribution < -0.4 is 4.90 Å². The molecule has 1 atom stereocenters. The summed E-state index contributed by atoms with van der Waals surface area (Å²) in [7, 11) is 0. The average molecular weight is 291 g/mol. The van der Waals surface area contributed by atoms with E-state index >= 15 is 0 Å². The Kier molecular flexibility index (Phi) is 4.86. The highest BCUT2D eigenvalue weighted by Crippen LogP contribution is 2.41. The molecule has 2 rings (SSSR count). The Balaban J connectivity index is 2.41. The monoisotopic (exact) mass is 291 g/mol. The maximum Gasteiger partial charge on any atom is 0.240 e. The molecule has 0 saturated heterocycles. The molecule has 0 saturated carbocycles. The van der Waals surface area contributed by atoms with E-state index in [1.165, 1.54) is 0 Å². The molecular formula is C16H21NO2S. The van der Waals surface area contributed by atoms with Gasteiger partial charge in [-0.15, -0.1) is 11.8 Å². The van der Waals surface area contributed by atoms with Gasteiger partial charge in [0.1, 0.15) is 0 Å². The average Bonchev–Trinajstić information content (AvgIpc) is 2.45. The molecule has 0 aromatic heterocycles. The molecule has 0 aliphatic carbocycles. The van der Waals surface area contributed by atoms with Gasteiger partial charge >= 0.3 is 0 Å². The molecule has 1 heterocycles. The molecule has 1 aliphatic heterocycles. The number of ketones is 1. The fraction of sp³-hybridized carbons (Fsp3) is 0.500. The molecular weight excluding hydrogens is 270 g/mol. The van der Waals surface area contributed by atoms with Crippen LogP contribution in [-0.4, -0.2) is 23.5 Å². The summed E-state index contributed by atoms with van der Waals surface area (Å²) in [5.41, 5.74) is 1.58. The van der Waals surface area contributed by atoms with Gasteiger partial charge in [-0.1, -0.05) is 26.3 Å². The Hall–Kier alpha value is -1.29. The first-order valence-corrected chi connectivity index (χ1v) is 8.09. The Morgan fingerprint density at radius 3 is 2.70 bits per heavy atom. The Labute approximate surface area is 124 Å². The van der Waals surface area contributed by atoms with Crippen molar-refractivity contribution in [3.63, 3.8) is 0 Å². The van der Waals surface area contributed by atoms with Crippen LogP contribution in [0.25, 0.3) is 0 Å². The SMILES string of the molecule is CCCCN1C(=O)C(CC)Sc2ccc(C(C)=O)cc21. The number of hydrogen-bond acceptors (Lipinski definition) is 3. The van der Waals surface area contributed by atoms with Crippen molar-refractivity contribution in [1.29, 1.82) is 0 Å². The van der Waals surface area contributed by atoms with Crippen LogP contribution in [0.4, 0.5) is 5.69 Å². The highest BCUT2D eigenvalue weighted by Gasteiger charge is 2.32. The van der Waals surface area contributed by atoms with E-state index in [2.05, 4.69) is 6.92 Å². The molecule has 1 aromatic carbocycles. The topological polar surface area (TPSA) is 37.4 Å². The van der Waals surface area contributed by atoms with Crippen LogP contribution >= 0.6 is 11.8 Å². The third kappa shape index (κ3) is 2.90. The fourth-order valence-electron chi connectivity index (χ4n) is 2.35. The van der Waals surface area contributed by atoms with Crippen LogP contribution in [-0.2, 0) is 4.79 Å². The van der Waals surface area contributed by atoms with E-state index in [0.717, 1.165) is 36.4 Å². The highest BCUT2D eigenvalue weighted by molar-refractivity contribution is 8.01. The molecule has 3 nitrogen and oxygen atoms in total. The van der Waals surface area contributed by atoms with Gasteiger partial charge in [0.2, 0.25) is 5.91 Å². The number of nitrogens with zero attached hydrogens (tertiary/aromatic N) is 1. The molecule has 0 fully saturated rings. The summed E-state index contributed by atoms with van der Waals surface area (Å²) >= 11 is 1.62. The van der Waals surface area contributed by atoms with Crippen LogP contribution in [0.1, 0.15) is 50.4 Å². The van der Waals surface area contributed by atoms with Gasteiger partial charge in [-0.25, -0.2) is 0 Å². The summed E-state index contributed by atoms with van der Waals surface area (Å²) in [6.07, 6.45) is 2.87. The number of thioether (sulfide) groups is 1. The maximum atomic E-state index is 12.5. The van der Waals surface area contributed by atoms with Gasteiger partial charge in [0, 0.05) is 17.0 Å². The predicted molar refractivity (Wildman–Crippen MR) is 83.6 cm³/mol. The summed E-state index contributed by atoms with van der Waals surface area (Å²) in [6, 6.07) is 5.70. The number of benzene rings is 1. The molecule has 1 unspecified atom stereocenters. The minimum atomic E-state index is 0.00235. The van der Waals surface area contributed by atoms with Gasteiger partial charge in [-0.2, -0.15) is 0 Å². The van der Waals surface area contributed by atoms with Gasteiger partial charge in [0.05, 0.1) is 10.9 Å². The van der Waals surface area contributed by atoms with Crippen molar-refractivity contribution >= 4 is 29.1 Å². The normalized spacial score (nSPS) is 18.1. The van der Waals surface area contributed by atoms with E-state index < -0.39 is 0 Å². The van der Waals surface area contributed by atoms with E-state index in [1.54, 1.807) is 18.7 Å². The molecule has 1 amide bonds. The van der Waals surface area contributed by atoms with E-state index in [1.807, 2.05) is 30.0 Å².